The van der Waals surface area contributed by atoms with Crippen molar-refractivity contribution >= 4 is 43.3 Å². The molecule has 0 fully saturated rings. The Morgan fingerprint density at radius 1 is 1.53 bits per heavy atom. The number of carbonyl (C=O) groups excluding carboxylic acids is 1. The Hall–Kier alpha value is -0.940. The highest BCUT2D eigenvalue weighted by molar-refractivity contribution is 9.10. The molecule has 5 heteroatoms. The summed E-state index contributed by atoms with van der Waals surface area (Å²) in [5.74, 6) is 0.0675. The maximum absolute atomic E-state index is 12.0. The van der Waals surface area contributed by atoms with Crippen LogP contribution in [0.2, 0.25) is 0 Å². The van der Waals surface area contributed by atoms with Gasteiger partial charge >= 0.3 is 4.87 Å². The molecule has 2 aromatic rings. The van der Waals surface area contributed by atoms with E-state index in [1.54, 1.807) is 23.7 Å². The number of hydrogen-bond donors (Lipinski definition) is 0. The van der Waals surface area contributed by atoms with E-state index >= 15 is 0 Å². The summed E-state index contributed by atoms with van der Waals surface area (Å²) in [6.45, 7) is 1.96. The summed E-state index contributed by atoms with van der Waals surface area (Å²) in [6.07, 6.45) is 0.752. The van der Waals surface area contributed by atoms with Gasteiger partial charge in [-0.05, 0) is 24.6 Å². The van der Waals surface area contributed by atoms with Crippen molar-refractivity contribution in [3.8, 4) is 0 Å². The van der Waals surface area contributed by atoms with E-state index in [2.05, 4.69) is 15.9 Å². The first-order valence-electron chi connectivity index (χ1n) is 5.32. The molecule has 1 aromatic heterocycles. The lowest BCUT2D eigenvalue weighted by Gasteiger charge is -2.05. The molecule has 0 aliphatic rings. The summed E-state index contributed by atoms with van der Waals surface area (Å²) in [6, 6.07) is 5.41. The Morgan fingerprint density at radius 2 is 2.24 bits per heavy atom. The van der Waals surface area contributed by atoms with E-state index < -0.39 is 0 Å². The van der Waals surface area contributed by atoms with Crippen LogP contribution in [0.1, 0.15) is 23.7 Å². The Labute approximate surface area is 111 Å². The van der Waals surface area contributed by atoms with E-state index in [0.717, 1.165) is 16.6 Å². The number of aromatic nitrogens is 1. The van der Waals surface area contributed by atoms with Gasteiger partial charge in [-0.15, -0.1) is 0 Å². The first-order chi connectivity index (χ1) is 8.04. The number of fused-ring (bicyclic) bond motifs is 1. The van der Waals surface area contributed by atoms with Crippen LogP contribution >= 0.6 is 27.3 Å². The SMILES string of the molecule is CCC(Br)C(=O)c1ccc2c(c1)sc(=O)n2C. The Balaban J connectivity index is 2.52. The van der Waals surface area contributed by atoms with Crippen LogP contribution in [-0.2, 0) is 7.05 Å². The number of benzene rings is 1. The topological polar surface area (TPSA) is 39.1 Å². The van der Waals surface area contributed by atoms with Crippen LogP contribution < -0.4 is 4.87 Å². The summed E-state index contributed by atoms with van der Waals surface area (Å²) in [4.78, 5) is 23.3. The predicted molar refractivity (Wildman–Crippen MR) is 74.4 cm³/mol. The van der Waals surface area contributed by atoms with E-state index in [1.165, 1.54) is 11.3 Å². The fourth-order valence-corrected chi connectivity index (χ4v) is 2.84. The number of hydrogen-bond acceptors (Lipinski definition) is 3. The van der Waals surface area contributed by atoms with E-state index in [-0.39, 0.29) is 15.5 Å². The molecule has 1 unspecified atom stereocenters. The van der Waals surface area contributed by atoms with Gasteiger partial charge in [0.1, 0.15) is 0 Å². The van der Waals surface area contributed by atoms with Crippen LogP contribution in [0, 0.1) is 0 Å². The number of Topliss-reactive ketones (excluding diaryl/α,β-unsaturated/α-hetero) is 1. The van der Waals surface area contributed by atoms with Gasteiger partial charge in [-0.1, -0.05) is 34.2 Å². The molecule has 3 nitrogen and oxygen atoms in total. The first kappa shape index (κ1) is 12.5. The molecule has 0 N–H and O–H groups in total. The molecule has 17 heavy (non-hydrogen) atoms. The molecule has 1 atom stereocenters. The van der Waals surface area contributed by atoms with Gasteiger partial charge in [0, 0.05) is 12.6 Å². The van der Waals surface area contributed by atoms with Crippen molar-refractivity contribution in [1.29, 1.82) is 0 Å². The normalized spacial score (nSPS) is 12.9. The highest BCUT2D eigenvalue weighted by Gasteiger charge is 2.16. The average Bonchev–Trinajstić information content (AvgIpc) is 2.62. The van der Waals surface area contributed by atoms with Crippen LogP contribution in [0.5, 0.6) is 0 Å². The Morgan fingerprint density at radius 3 is 2.88 bits per heavy atom. The van der Waals surface area contributed by atoms with Crippen molar-refractivity contribution in [3.63, 3.8) is 0 Å². The van der Waals surface area contributed by atoms with E-state index in [0.29, 0.717) is 5.56 Å². The van der Waals surface area contributed by atoms with Crippen molar-refractivity contribution in [1.82, 2.24) is 4.57 Å². The van der Waals surface area contributed by atoms with Crippen molar-refractivity contribution < 1.29 is 4.79 Å². The van der Waals surface area contributed by atoms with Gasteiger partial charge in [0.2, 0.25) is 0 Å². The fraction of sp³-hybridized carbons (Fsp3) is 0.333. The number of alkyl halides is 1. The van der Waals surface area contributed by atoms with E-state index in [4.69, 9.17) is 0 Å². The van der Waals surface area contributed by atoms with Crippen molar-refractivity contribution in [2.75, 3.05) is 0 Å². The van der Waals surface area contributed by atoms with Gasteiger partial charge < -0.3 is 4.57 Å². The van der Waals surface area contributed by atoms with Crippen LogP contribution in [-0.4, -0.2) is 15.2 Å². The lowest BCUT2D eigenvalue weighted by Crippen LogP contribution is -2.12. The minimum absolute atomic E-state index is 0.00418. The van der Waals surface area contributed by atoms with Crippen molar-refractivity contribution in [2.24, 2.45) is 7.05 Å². The second-order valence-electron chi connectivity index (χ2n) is 3.85. The highest BCUT2D eigenvalue weighted by atomic mass is 79.9. The molecule has 0 amide bonds. The molecule has 0 saturated carbocycles. The van der Waals surface area contributed by atoms with Gasteiger partial charge in [0.25, 0.3) is 0 Å². The largest absolute Gasteiger partial charge is 0.307 e. The molecular formula is C12H12BrNO2S. The summed E-state index contributed by atoms with van der Waals surface area (Å²) >= 11 is 4.52. The minimum atomic E-state index is -0.152. The highest BCUT2D eigenvalue weighted by Crippen LogP contribution is 2.21. The molecule has 0 bridgehead atoms. The summed E-state index contributed by atoms with van der Waals surface area (Å²) in [7, 11) is 1.74. The molecular weight excluding hydrogens is 302 g/mol. The molecule has 0 radical (unpaired) electrons. The van der Waals surface area contributed by atoms with Gasteiger partial charge in [0.05, 0.1) is 15.0 Å². The standard InChI is InChI=1S/C12H12BrNO2S/c1-3-8(13)11(15)7-4-5-9-10(6-7)17-12(16)14(9)2/h4-6,8H,3H2,1-2H3. The zero-order valence-electron chi connectivity index (χ0n) is 9.57. The summed E-state index contributed by atoms with van der Waals surface area (Å²) < 4.78 is 2.46. The van der Waals surface area contributed by atoms with Gasteiger partial charge in [-0.3, -0.25) is 9.59 Å². The zero-order valence-corrected chi connectivity index (χ0v) is 12.0. The van der Waals surface area contributed by atoms with Crippen molar-refractivity contribution in [2.45, 2.75) is 18.2 Å². The minimum Gasteiger partial charge on any atom is -0.302 e. The lowest BCUT2D eigenvalue weighted by atomic mass is 10.1. The molecule has 0 aliphatic heterocycles. The van der Waals surface area contributed by atoms with Crippen LogP contribution in [0.25, 0.3) is 10.2 Å². The van der Waals surface area contributed by atoms with Gasteiger partial charge in [0.15, 0.2) is 5.78 Å². The van der Waals surface area contributed by atoms with E-state index in [1.807, 2.05) is 13.0 Å². The van der Waals surface area contributed by atoms with Gasteiger partial charge in [-0.2, -0.15) is 0 Å². The molecule has 2 rings (SSSR count). The number of halogens is 1. The first-order valence-corrected chi connectivity index (χ1v) is 7.05. The third kappa shape index (κ3) is 2.21. The number of carbonyl (C=O) groups is 1. The molecule has 0 saturated heterocycles. The maximum Gasteiger partial charge on any atom is 0.307 e. The Kier molecular flexibility index (Phi) is 3.49. The second-order valence-corrected chi connectivity index (χ2v) is 5.95. The van der Waals surface area contributed by atoms with Gasteiger partial charge in [-0.25, -0.2) is 0 Å². The summed E-state index contributed by atoms with van der Waals surface area (Å²) in [5, 5.41) is 0. The van der Waals surface area contributed by atoms with Crippen molar-refractivity contribution in [3.05, 3.63) is 33.4 Å². The average molecular weight is 314 g/mol. The molecule has 90 valence electrons. The third-order valence-corrected chi connectivity index (χ3v) is 4.78. The molecule has 1 heterocycles. The van der Waals surface area contributed by atoms with E-state index in [9.17, 15) is 9.59 Å². The number of nitrogens with zero attached hydrogens (tertiary/aromatic N) is 1. The zero-order chi connectivity index (χ0) is 12.6. The van der Waals surface area contributed by atoms with Crippen LogP contribution in [0.15, 0.2) is 23.0 Å². The molecule has 0 aliphatic carbocycles. The smallest absolute Gasteiger partial charge is 0.302 e. The van der Waals surface area contributed by atoms with Crippen LogP contribution in [0.3, 0.4) is 0 Å². The molecule has 1 aromatic carbocycles. The third-order valence-electron chi connectivity index (χ3n) is 2.72. The fourth-order valence-electron chi connectivity index (χ4n) is 1.65. The predicted octanol–water partition coefficient (Wildman–Crippen LogP) is 2.96. The summed E-state index contributed by atoms with van der Waals surface area (Å²) in [5.41, 5.74) is 1.53. The quantitative estimate of drug-likeness (QED) is 0.645. The number of rotatable bonds is 3. The monoisotopic (exact) mass is 313 g/mol. The molecule has 0 spiro atoms. The number of ketones is 1. The number of aryl methyl sites for hydroxylation is 1. The maximum atomic E-state index is 12.0. The number of thiazole rings is 1. The van der Waals surface area contributed by atoms with Crippen LogP contribution in [0.4, 0.5) is 0 Å². The lowest BCUT2D eigenvalue weighted by molar-refractivity contribution is 0.0990. The Bertz CT molecular complexity index is 629. The second kappa shape index (κ2) is 4.74.